The predicted octanol–water partition coefficient (Wildman–Crippen LogP) is 2.13. The minimum absolute atomic E-state index is 0.0236. The van der Waals surface area contributed by atoms with Gasteiger partial charge in [-0.25, -0.2) is 0 Å². The maximum absolute atomic E-state index is 12.6. The van der Waals surface area contributed by atoms with Gasteiger partial charge in [-0.15, -0.1) is 0 Å². The monoisotopic (exact) mass is 312 g/mol. The molecule has 0 aliphatic carbocycles. The van der Waals surface area contributed by atoms with Crippen molar-refractivity contribution in [2.45, 2.75) is 31.5 Å². The maximum Gasteiger partial charge on any atom is 0.471 e. The molecule has 2 aliphatic heterocycles. The normalized spacial score (nSPS) is 21.1. The molecule has 118 valence electrons. The smallest absolute Gasteiger partial charge is 0.323 e. The summed E-state index contributed by atoms with van der Waals surface area (Å²) in [5.74, 6) is -2.34. The standard InChI is InChI=1S/C15H15F3N2O2/c16-15(17,18)14(22)20-8-3-6-12(20)13(21)19-9-7-10-4-1-2-5-11(10)19/h1-2,4-5,12H,3,6-9H2. The topological polar surface area (TPSA) is 40.6 Å². The zero-order chi connectivity index (χ0) is 15.9. The molecule has 1 unspecified atom stereocenters. The van der Waals surface area contributed by atoms with Gasteiger partial charge in [-0.2, -0.15) is 13.2 Å². The second-order valence-corrected chi connectivity index (χ2v) is 5.52. The van der Waals surface area contributed by atoms with E-state index in [1.807, 2.05) is 12.1 Å². The van der Waals surface area contributed by atoms with Crippen molar-refractivity contribution in [3.05, 3.63) is 29.8 Å². The van der Waals surface area contributed by atoms with Crippen molar-refractivity contribution in [3.8, 4) is 0 Å². The van der Waals surface area contributed by atoms with Crippen molar-refractivity contribution < 1.29 is 22.8 Å². The number of alkyl halides is 3. The number of carbonyl (C=O) groups excluding carboxylic acids is 2. The van der Waals surface area contributed by atoms with Crippen LogP contribution >= 0.6 is 0 Å². The lowest BCUT2D eigenvalue weighted by Crippen LogP contribution is -2.51. The number of likely N-dealkylation sites (tertiary alicyclic amines) is 1. The Hall–Kier alpha value is -2.05. The second-order valence-electron chi connectivity index (χ2n) is 5.52. The highest BCUT2D eigenvalue weighted by molar-refractivity contribution is 6.01. The Balaban J connectivity index is 1.82. The SMILES string of the molecule is O=C(C1CCCN1C(=O)C(F)(F)F)N1CCc2ccccc21. The van der Waals surface area contributed by atoms with Gasteiger partial charge in [0.05, 0.1) is 0 Å². The van der Waals surface area contributed by atoms with E-state index in [9.17, 15) is 22.8 Å². The number of para-hydroxylation sites is 1. The first-order valence-electron chi connectivity index (χ1n) is 7.16. The van der Waals surface area contributed by atoms with Crippen LogP contribution in [0.3, 0.4) is 0 Å². The number of anilines is 1. The summed E-state index contributed by atoms with van der Waals surface area (Å²) in [4.78, 5) is 26.3. The number of benzene rings is 1. The Morgan fingerprint density at radius 1 is 1.14 bits per heavy atom. The van der Waals surface area contributed by atoms with Crippen molar-refractivity contribution >= 4 is 17.5 Å². The molecule has 1 aromatic rings. The summed E-state index contributed by atoms with van der Waals surface area (Å²) < 4.78 is 37.9. The quantitative estimate of drug-likeness (QED) is 0.797. The lowest BCUT2D eigenvalue weighted by molar-refractivity contribution is -0.186. The number of amides is 2. The van der Waals surface area contributed by atoms with E-state index in [1.54, 1.807) is 12.1 Å². The van der Waals surface area contributed by atoms with E-state index >= 15 is 0 Å². The number of rotatable bonds is 1. The Morgan fingerprint density at radius 3 is 2.59 bits per heavy atom. The lowest BCUT2D eigenvalue weighted by atomic mass is 10.1. The molecule has 0 spiro atoms. The molecule has 0 radical (unpaired) electrons. The molecule has 0 N–H and O–H groups in total. The molecule has 2 aliphatic rings. The van der Waals surface area contributed by atoms with E-state index in [0.29, 0.717) is 24.3 Å². The summed E-state index contributed by atoms with van der Waals surface area (Å²) in [7, 11) is 0. The Morgan fingerprint density at radius 2 is 1.86 bits per heavy atom. The third-order valence-electron chi connectivity index (χ3n) is 4.19. The van der Waals surface area contributed by atoms with Gasteiger partial charge in [0.25, 0.3) is 0 Å². The van der Waals surface area contributed by atoms with Gasteiger partial charge < -0.3 is 9.80 Å². The van der Waals surface area contributed by atoms with E-state index < -0.39 is 24.0 Å². The molecule has 1 atom stereocenters. The predicted molar refractivity (Wildman–Crippen MR) is 73.3 cm³/mol. The van der Waals surface area contributed by atoms with Gasteiger partial charge in [0.1, 0.15) is 6.04 Å². The van der Waals surface area contributed by atoms with Crippen LogP contribution < -0.4 is 4.90 Å². The van der Waals surface area contributed by atoms with Gasteiger partial charge >= 0.3 is 12.1 Å². The molecule has 7 heteroatoms. The van der Waals surface area contributed by atoms with Gasteiger partial charge in [0.2, 0.25) is 5.91 Å². The van der Waals surface area contributed by atoms with Crippen LogP contribution in [-0.2, 0) is 16.0 Å². The number of nitrogens with zero attached hydrogens (tertiary/aromatic N) is 2. The molecular weight excluding hydrogens is 297 g/mol. The van der Waals surface area contributed by atoms with E-state index in [-0.39, 0.29) is 13.0 Å². The molecule has 0 saturated carbocycles. The molecule has 1 fully saturated rings. The lowest BCUT2D eigenvalue weighted by Gasteiger charge is -2.28. The van der Waals surface area contributed by atoms with E-state index in [0.717, 1.165) is 11.3 Å². The van der Waals surface area contributed by atoms with Gasteiger partial charge in [-0.3, -0.25) is 9.59 Å². The maximum atomic E-state index is 12.6. The molecule has 0 aromatic heterocycles. The molecule has 22 heavy (non-hydrogen) atoms. The number of halogens is 3. The average Bonchev–Trinajstić information content (AvgIpc) is 3.11. The Bertz CT molecular complexity index is 615. The van der Waals surface area contributed by atoms with Gasteiger partial charge in [0.15, 0.2) is 0 Å². The fraction of sp³-hybridized carbons (Fsp3) is 0.467. The van der Waals surface area contributed by atoms with Crippen molar-refractivity contribution in [1.29, 1.82) is 0 Å². The van der Waals surface area contributed by atoms with Crippen molar-refractivity contribution in [2.24, 2.45) is 0 Å². The minimum Gasteiger partial charge on any atom is -0.323 e. The molecule has 2 amide bonds. The Kier molecular flexibility index (Phi) is 3.58. The molecular formula is C15H15F3N2O2. The molecule has 1 saturated heterocycles. The van der Waals surface area contributed by atoms with Gasteiger partial charge in [-0.05, 0) is 30.9 Å². The van der Waals surface area contributed by atoms with Crippen LogP contribution in [0.25, 0.3) is 0 Å². The van der Waals surface area contributed by atoms with Crippen LogP contribution in [0.2, 0.25) is 0 Å². The van der Waals surface area contributed by atoms with Crippen molar-refractivity contribution in [1.82, 2.24) is 4.90 Å². The summed E-state index contributed by atoms with van der Waals surface area (Å²) >= 11 is 0. The van der Waals surface area contributed by atoms with Crippen LogP contribution in [0.4, 0.5) is 18.9 Å². The highest BCUT2D eigenvalue weighted by atomic mass is 19.4. The number of hydrogen-bond acceptors (Lipinski definition) is 2. The zero-order valence-electron chi connectivity index (χ0n) is 11.8. The van der Waals surface area contributed by atoms with Gasteiger partial charge in [-0.1, -0.05) is 18.2 Å². The third-order valence-corrected chi connectivity index (χ3v) is 4.19. The van der Waals surface area contributed by atoms with E-state index in [1.165, 1.54) is 4.90 Å². The summed E-state index contributed by atoms with van der Waals surface area (Å²) in [6, 6.07) is 6.32. The molecule has 0 bridgehead atoms. The average molecular weight is 312 g/mol. The fourth-order valence-electron chi connectivity index (χ4n) is 3.18. The largest absolute Gasteiger partial charge is 0.471 e. The number of hydrogen-bond donors (Lipinski definition) is 0. The van der Waals surface area contributed by atoms with E-state index in [4.69, 9.17) is 0 Å². The highest BCUT2D eigenvalue weighted by Gasteiger charge is 2.48. The fourth-order valence-corrected chi connectivity index (χ4v) is 3.18. The summed E-state index contributed by atoms with van der Waals surface area (Å²) in [6.07, 6.45) is -3.57. The van der Waals surface area contributed by atoms with Crippen LogP contribution in [-0.4, -0.2) is 42.0 Å². The summed E-state index contributed by atoms with van der Waals surface area (Å²) in [5, 5.41) is 0. The van der Waals surface area contributed by atoms with Crippen LogP contribution in [0.1, 0.15) is 18.4 Å². The zero-order valence-corrected chi connectivity index (χ0v) is 11.8. The second kappa shape index (κ2) is 5.30. The first-order chi connectivity index (χ1) is 10.4. The van der Waals surface area contributed by atoms with Crippen molar-refractivity contribution in [3.63, 3.8) is 0 Å². The number of fused-ring (bicyclic) bond motifs is 1. The number of carbonyl (C=O) groups is 2. The molecule has 1 aromatic carbocycles. The first kappa shape index (κ1) is 14.9. The van der Waals surface area contributed by atoms with Crippen molar-refractivity contribution in [2.75, 3.05) is 18.0 Å². The van der Waals surface area contributed by atoms with Gasteiger partial charge in [0, 0.05) is 18.8 Å². The van der Waals surface area contributed by atoms with E-state index in [2.05, 4.69) is 0 Å². The molecule has 3 rings (SSSR count). The summed E-state index contributed by atoms with van der Waals surface area (Å²) in [6.45, 7) is 0.424. The Labute approximate surface area is 125 Å². The van der Waals surface area contributed by atoms with Crippen LogP contribution in [0.5, 0.6) is 0 Å². The minimum atomic E-state index is -4.94. The molecule has 2 heterocycles. The van der Waals surface area contributed by atoms with Crippen LogP contribution in [0, 0.1) is 0 Å². The summed E-state index contributed by atoms with van der Waals surface area (Å²) in [5.41, 5.74) is 1.74. The highest BCUT2D eigenvalue weighted by Crippen LogP contribution is 2.32. The van der Waals surface area contributed by atoms with Crippen LogP contribution in [0.15, 0.2) is 24.3 Å². The third kappa shape index (κ3) is 2.44. The first-order valence-corrected chi connectivity index (χ1v) is 7.16. The molecule has 4 nitrogen and oxygen atoms in total.